The number of carbonyl (C=O) groups is 1. The van der Waals surface area contributed by atoms with Crippen molar-refractivity contribution in [1.82, 2.24) is 5.32 Å². The second kappa shape index (κ2) is 8.01. The Labute approximate surface area is 120 Å². The van der Waals surface area contributed by atoms with Crippen LogP contribution in [0.25, 0.3) is 0 Å². The second-order valence-corrected chi connectivity index (χ2v) is 7.16. The summed E-state index contributed by atoms with van der Waals surface area (Å²) in [4.78, 5) is 12.0. The molecule has 112 valence electrons. The van der Waals surface area contributed by atoms with Crippen molar-refractivity contribution in [2.45, 2.75) is 12.8 Å². The molecule has 0 heterocycles. The Bertz CT molecular complexity index is 514. The lowest BCUT2D eigenvalue weighted by molar-refractivity contribution is -0.124. The maximum atomic E-state index is 12.0. The Morgan fingerprint density at radius 2 is 1.95 bits per heavy atom. The van der Waals surface area contributed by atoms with E-state index in [1.807, 2.05) is 30.3 Å². The number of rotatable bonds is 8. The summed E-state index contributed by atoms with van der Waals surface area (Å²) < 4.78 is 21.9. The minimum absolute atomic E-state index is 0.0826. The predicted octanol–water partition coefficient (Wildman–Crippen LogP) is 0.355. The van der Waals surface area contributed by atoms with Gasteiger partial charge < -0.3 is 11.1 Å². The molecule has 0 radical (unpaired) electrons. The fourth-order valence-corrected chi connectivity index (χ4v) is 2.54. The van der Waals surface area contributed by atoms with Crippen molar-refractivity contribution in [2.75, 3.05) is 25.1 Å². The van der Waals surface area contributed by atoms with E-state index in [2.05, 4.69) is 5.32 Å². The second-order valence-electron chi connectivity index (χ2n) is 4.90. The van der Waals surface area contributed by atoms with Crippen molar-refractivity contribution in [2.24, 2.45) is 11.7 Å². The first-order chi connectivity index (χ1) is 9.42. The van der Waals surface area contributed by atoms with Gasteiger partial charge in [-0.25, -0.2) is 8.42 Å². The van der Waals surface area contributed by atoms with Gasteiger partial charge in [-0.3, -0.25) is 4.79 Å². The van der Waals surface area contributed by atoms with E-state index in [0.29, 0.717) is 19.4 Å². The highest BCUT2D eigenvalue weighted by Crippen LogP contribution is 2.08. The van der Waals surface area contributed by atoms with Crippen LogP contribution in [0.5, 0.6) is 0 Å². The molecular weight excluding hydrogens is 276 g/mol. The van der Waals surface area contributed by atoms with Crippen LogP contribution in [0.3, 0.4) is 0 Å². The molecule has 1 amide bonds. The molecule has 0 aliphatic rings. The average Bonchev–Trinajstić information content (AvgIpc) is 2.41. The molecule has 1 aromatic rings. The van der Waals surface area contributed by atoms with E-state index >= 15 is 0 Å². The van der Waals surface area contributed by atoms with Crippen molar-refractivity contribution in [3.8, 4) is 0 Å². The summed E-state index contributed by atoms with van der Waals surface area (Å²) in [6.07, 6.45) is 2.20. The number of hydrogen-bond donors (Lipinski definition) is 2. The van der Waals surface area contributed by atoms with Gasteiger partial charge >= 0.3 is 0 Å². The molecule has 1 atom stereocenters. The summed E-state index contributed by atoms with van der Waals surface area (Å²) >= 11 is 0. The van der Waals surface area contributed by atoms with Gasteiger partial charge in [0.25, 0.3) is 0 Å². The smallest absolute Gasteiger partial charge is 0.224 e. The van der Waals surface area contributed by atoms with Crippen LogP contribution in [0.15, 0.2) is 30.3 Å². The van der Waals surface area contributed by atoms with Crippen molar-refractivity contribution < 1.29 is 13.2 Å². The van der Waals surface area contributed by atoms with Crippen molar-refractivity contribution in [3.05, 3.63) is 35.9 Å². The van der Waals surface area contributed by atoms with E-state index in [-0.39, 0.29) is 24.1 Å². The lowest BCUT2D eigenvalue weighted by Crippen LogP contribution is -2.37. The Kier molecular flexibility index (Phi) is 6.67. The molecule has 0 spiro atoms. The molecule has 0 saturated carbocycles. The van der Waals surface area contributed by atoms with Crippen LogP contribution in [-0.4, -0.2) is 39.4 Å². The number of hydrogen-bond acceptors (Lipinski definition) is 4. The van der Waals surface area contributed by atoms with Crippen LogP contribution in [0.1, 0.15) is 12.0 Å². The van der Waals surface area contributed by atoms with Crippen LogP contribution in [0.2, 0.25) is 0 Å². The minimum Gasteiger partial charge on any atom is -0.356 e. The summed E-state index contributed by atoms with van der Waals surface area (Å²) in [6.45, 7) is 0.629. The molecular formula is C14H22N2O3S. The normalized spacial score (nSPS) is 12.9. The summed E-state index contributed by atoms with van der Waals surface area (Å²) in [5.74, 6) is -0.320. The van der Waals surface area contributed by atoms with Gasteiger partial charge in [-0.05, 0) is 18.4 Å². The molecule has 5 nitrogen and oxygen atoms in total. The van der Waals surface area contributed by atoms with Crippen molar-refractivity contribution in [3.63, 3.8) is 0 Å². The number of nitrogens with two attached hydrogens (primary N) is 1. The summed E-state index contributed by atoms with van der Waals surface area (Å²) in [5, 5.41) is 2.74. The third-order valence-corrected chi connectivity index (χ3v) is 4.00. The van der Waals surface area contributed by atoms with Gasteiger partial charge in [-0.1, -0.05) is 30.3 Å². The molecule has 0 bridgehead atoms. The quantitative estimate of drug-likeness (QED) is 0.678. The SMILES string of the molecule is CS(=O)(=O)CCCNC(=O)C(CN)Cc1ccccc1. The molecule has 1 unspecified atom stereocenters. The van der Waals surface area contributed by atoms with Crippen molar-refractivity contribution in [1.29, 1.82) is 0 Å². The highest BCUT2D eigenvalue weighted by molar-refractivity contribution is 7.90. The number of amides is 1. The molecule has 0 aliphatic heterocycles. The maximum Gasteiger partial charge on any atom is 0.224 e. The Balaban J connectivity index is 2.39. The standard InChI is InChI=1S/C14H22N2O3S/c1-20(18,19)9-5-8-16-14(17)13(11-15)10-12-6-3-2-4-7-12/h2-4,6-7,13H,5,8-11,15H2,1H3,(H,16,17). The molecule has 1 aromatic carbocycles. The zero-order valence-corrected chi connectivity index (χ0v) is 12.5. The highest BCUT2D eigenvalue weighted by Gasteiger charge is 2.16. The van der Waals surface area contributed by atoms with E-state index in [9.17, 15) is 13.2 Å². The van der Waals surface area contributed by atoms with E-state index in [1.165, 1.54) is 6.26 Å². The van der Waals surface area contributed by atoms with Crippen LogP contribution in [0, 0.1) is 5.92 Å². The van der Waals surface area contributed by atoms with E-state index in [4.69, 9.17) is 5.73 Å². The molecule has 3 N–H and O–H groups in total. The van der Waals surface area contributed by atoms with Gasteiger partial charge in [0.05, 0.1) is 11.7 Å². The number of carbonyl (C=O) groups excluding carboxylic acids is 1. The Morgan fingerprint density at radius 3 is 2.50 bits per heavy atom. The van der Waals surface area contributed by atoms with Gasteiger partial charge in [0.1, 0.15) is 9.84 Å². The number of nitrogens with one attached hydrogen (secondary N) is 1. The van der Waals surface area contributed by atoms with Crippen LogP contribution >= 0.6 is 0 Å². The molecule has 0 aromatic heterocycles. The van der Waals surface area contributed by atoms with Crippen LogP contribution in [-0.2, 0) is 21.1 Å². The highest BCUT2D eigenvalue weighted by atomic mass is 32.2. The topological polar surface area (TPSA) is 89.3 Å². The lowest BCUT2D eigenvalue weighted by atomic mass is 9.98. The molecule has 1 rings (SSSR count). The molecule has 0 fully saturated rings. The summed E-state index contributed by atoms with van der Waals surface area (Å²) in [6, 6.07) is 9.69. The van der Waals surface area contributed by atoms with Gasteiger partial charge in [0, 0.05) is 19.3 Å². The zero-order valence-electron chi connectivity index (χ0n) is 11.7. The number of benzene rings is 1. The van der Waals surface area contributed by atoms with Gasteiger partial charge in [-0.2, -0.15) is 0 Å². The first kappa shape index (κ1) is 16.7. The lowest BCUT2D eigenvalue weighted by Gasteiger charge is -2.14. The molecule has 0 saturated heterocycles. The first-order valence-electron chi connectivity index (χ1n) is 6.62. The molecule has 6 heteroatoms. The number of sulfone groups is 1. The Hall–Kier alpha value is -1.40. The summed E-state index contributed by atoms with van der Waals surface area (Å²) in [7, 11) is -2.97. The molecule has 20 heavy (non-hydrogen) atoms. The van der Waals surface area contributed by atoms with Gasteiger partial charge in [0.15, 0.2) is 0 Å². The van der Waals surface area contributed by atoms with Crippen molar-refractivity contribution >= 4 is 15.7 Å². The van der Waals surface area contributed by atoms with Crippen LogP contribution in [0.4, 0.5) is 0 Å². The van der Waals surface area contributed by atoms with Gasteiger partial charge in [0.2, 0.25) is 5.91 Å². The predicted molar refractivity (Wildman–Crippen MR) is 80.0 cm³/mol. The monoisotopic (exact) mass is 298 g/mol. The first-order valence-corrected chi connectivity index (χ1v) is 8.68. The third-order valence-electron chi connectivity index (χ3n) is 2.97. The largest absolute Gasteiger partial charge is 0.356 e. The summed E-state index contributed by atoms with van der Waals surface area (Å²) in [5.41, 5.74) is 6.70. The fraction of sp³-hybridized carbons (Fsp3) is 0.500. The zero-order chi connectivity index (χ0) is 15.0. The van der Waals surface area contributed by atoms with Gasteiger partial charge in [-0.15, -0.1) is 0 Å². The van der Waals surface area contributed by atoms with E-state index in [1.54, 1.807) is 0 Å². The minimum atomic E-state index is -2.97. The molecule has 0 aliphatic carbocycles. The Morgan fingerprint density at radius 1 is 1.30 bits per heavy atom. The third kappa shape index (κ3) is 6.68. The van der Waals surface area contributed by atoms with E-state index < -0.39 is 9.84 Å². The van der Waals surface area contributed by atoms with E-state index in [0.717, 1.165) is 5.56 Å². The maximum absolute atomic E-state index is 12.0. The average molecular weight is 298 g/mol. The van der Waals surface area contributed by atoms with Crippen LogP contribution < -0.4 is 11.1 Å². The fourth-order valence-electron chi connectivity index (χ4n) is 1.87.